The van der Waals surface area contributed by atoms with E-state index in [2.05, 4.69) is 31.8 Å². The fraction of sp³-hybridized carbons (Fsp3) is 0.471. The minimum atomic E-state index is -4.89. The number of alkyl halides is 3. The number of nitrogen functional groups attached to an aromatic ring is 1. The standard InChI is InChI=1S/C34H36Cl2F4N10O2/c1-17-13-33(7-5-8-48(33)14-17)16-52-31-43-28-21(12-22(35)25(27(28)37)29-26(34(38,39)40)18(2)10-24(41)42-29)30(44-31)49-9-6-20(11-19(49)3)47(4)32(51)50-15-23(36)45-46-50/h10,12,15,19-20H,1,5-9,11,13-14,16H2,2-4H3,(H2,41,42)/t19-,20?,33?/m0/s1. The third-order valence-corrected chi connectivity index (χ3v) is 10.9. The molecule has 276 valence electrons. The molecule has 3 saturated heterocycles. The topological polar surface area (TPSA) is 131 Å². The van der Waals surface area contributed by atoms with Gasteiger partial charge in [-0.05, 0) is 70.2 Å². The molecule has 4 aromatic rings. The van der Waals surface area contributed by atoms with Gasteiger partial charge < -0.3 is 20.3 Å². The summed E-state index contributed by atoms with van der Waals surface area (Å²) in [7, 11) is 1.67. The first-order valence-electron chi connectivity index (χ1n) is 16.8. The highest BCUT2D eigenvalue weighted by Gasteiger charge is 2.47. The first-order chi connectivity index (χ1) is 24.6. The zero-order chi connectivity index (χ0) is 37.3. The van der Waals surface area contributed by atoms with E-state index >= 15 is 4.39 Å². The van der Waals surface area contributed by atoms with Gasteiger partial charge in [0.25, 0.3) is 0 Å². The number of amides is 1. The van der Waals surface area contributed by atoms with Crippen LogP contribution in [-0.4, -0.2) is 96.7 Å². The van der Waals surface area contributed by atoms with Crippen molar-refractivity contribution in [1.82, 2.24) is 39.7 Å². The van der Waals surface area contributed by atoms with E-state index in [4.69, 9.17) is 38.7 Å². The Kier molecular flexibility index (Phi) is 9.23. The number of aromatic nitrogens is 6. The lowest BCUT2D eigenvalue weighted by atomic mass is 9.94. The third-order valence-electron chi connectivity index (χ3n) is 10.4. The number of hydrogen-bond donors (Lipinski definition) is 1. The van der Waals surface area contributed by atoms with E-state index in [1.165, 1.54) is 19.2 Å². The molecular weight excluding hydrogens is 727 g/mol. The minimum Gasteiger partial charge on any atom is -0.461 e. The zero-order valence-electron chi connectivity index (χ0n) is 28.6. The molecule has 0 radical (unpaired) electrons. The summed E-state index contributed by atoms with van der Waals surface area (Å²) in [5, 5.41) is 7.39. The number of nitrogens with two attached hydrogens (primary N) is 1. The van der Waals surface area contributed by atoms with E-state index in [1.807, 2.05) is 11.8 Å². The third kappa shape index (κ3) is 6.38. The van der Waals surface area contributed by atoms with Crippen LogP contribution >= 0.6 is 23.2 Å². The highest BCUT2D eigenvalue weighted by molar-refractivity contribution is 6.34. The maximum atomic E-state index is 16.9. The second-order valence-corrected chi connectivity index (χ2v) is 14.7. The number of ether oxygens (including phenoxy) is 1. The van der Waals surface area contributed by atoms with Gasteiger partial charge in [0.1, 0.15) is 23.8 Å². The van der Waals surface area contributed by atoms with Gasteiger partial charge in [-0.1, -0.05) is 40.6 Å². The van der Waals surface area contributed by atoms with Gasteiger partial charge >= 0.3 is 18.2 Å². The second-order valence-electron chi connectivity index (χ2n) is 13.9. The van der Waals surface area contributed by atoms with E-state index in [0.717, 1.165) is 48.7 Å². The lowest BCUT2D eigenvalue weighted by Crippen LogP contribution is -2.50. The van der Waals surface area contributed by atoms with Crippen molar-refractivity contribution in [3.8, 4) is 17.3 Å². The Morgan fingerprint density at radius 1 is 1.21 bits per heavy atom. The number of benzene rings is 1. The lowest BCUT2D eigenvalue weighted by Gasteiger charge is -2.41. The van der Waals surface area contributed by atoms with Crippen molar-refractivity contribution < 1.29 is 27.1 Å². The van der Waals surface area contributed by atoms with E-state index < -0.39 is 34.8 Å². The number of aryl methyl sites for hydroxylation is 1. The van der Waals surface area contributed by atoms with Crippen LogP contribution in [0.5, 0.6) is 6.01 Å². The summed E-state index contributed by atoms with van der Waals surface area (Å²) in [6.45, 7) is 9.57. The van der Waals surface area contributed by atoms with Crippen LogP contribution in [0.15, 0.2) is 30.5 Å². The van der Waals surface area contributed by atoms with Gasteiger partial charge in [0.05, 0.1) is 33.6 Å². The summed E-state index contributed by atoms with van der Waals surface area (Å²) in [6.07, 6.45) is 0.0122. The van der Waals surface area contributed by atoms with Crippen LogP contribution in [0.2, 0.25) is 10.2 Å². The Labute approximate surface area is 306 Å². The predicted octanol–water partition coefficient (Wildman–Crippen LogP) is 6.77. The molecule has 0 saturated carbocycles. The Morgan fingerprint density at radius 3 is 2.67 bits per heavy atom. The maximum absolute atomic E-state index is 16.9. The molecule has 1 amide bonds. The van der Waals surface area contributed by atoms with Gasteiger partial charge in [-0.15, -0.1) is 5.10 Å². The van der Waals surface area contributed by atoms with Gasteiger partial charge in [-0.3, -0.25) is 4.90 Å². The number of rotatable bonds is 6. The minimum absolute atomic E-state index is 0.0852. The molecule has 7 rings (SSSR count). The van der Waals surface area contributed by atoms with Crippen LogP contribution in [0, 0.1) is 12.7 Å². The Morgan fingerprint density at radius 2 is 1.98 bits per heavy atom. The van der Waals surface area contributed by atoms with Crippen LogP contribution in [0.25, 0.3) is 22.2 Å². The summed E-state index contributed by atoms with van der Waals surface area (Å²) in [4.78, 5) is 32.1. The number of nitrogens with zero attached hydrogens (tertiary/aromatic N) is 9. The van der Waals surface area contributed by atoms with Gasteiger partial charge in [0, 0.05) is 37.6 Å². The normalized spacial score (nSPS) is 22.3. The van der Waals surface area contributed by atoms with Crippen molar-refractivity contribution >= 4 is 51.8 Å². The van der Waals surface area contributed by atoms with E-state index in [-0.39, 0.29) is 62.7 Å². The number of pyridine rings is 1. The molecule has 3 fully saturated rings. The molecule has 6 heterocycles. The van der Waals surface area contributed by atoms with E-state index in [0.29, 0.717) is 25.2 Å². The van der Waals surface area contributed by atoms with Crippen LogP contribution < -0.4 is 15.4 Å². The number of halogens is 6. The SMILES string of the molecule is C=C1CN2CCCC2(COc2nc(N3CCC(N(C)C(=O)n4cc(Cl)nn4)C[C@@H]3C)c3cc(Cl)c(-c4nc(N)cc(C)c4C(F)(F)F)c(F)c3n2)C1. The number of piperidine rings is 1. The molecule has 12 nitrogen and oxygen atoms in total. The first kappa shape index (κ1) is 36.1. The number of carbonyl (C=O) groups excluding carboxylic acids is 1. The molecule has 0 bridgehead atoms. The molecule has 0 spiro atoms. The number of fused-ring (bicyclic) bond motifs is 2. The molecule has 2 unspecified atom stereocenters. The highest BCUT2D eigenvalue weighted by atomic mass is 35.5. The lowest BCUT2D eigenvalue weighted by molar-refractivity contribution is -0.137. The van der Waals surface area contributed by atoms with Crippen molar-refractivity contribution in [1.29, 1.82) is 0 Å². The monoisotopic (exact) mass is 762 g/mol. The summed E-state index contributed by atoms with van der Waals surface area (Å²) in [6, 6.07) is 1.43. The highest BCUT2D eigenvalue weighted by Crippen LogP contribution is 2.46. The predicted molar refractivity (Wildman–Crippen MR) is 188 cm³/mol. The summed E-state index contributed by atoms with van der Waals surface area (Å²) < 4.78 is 67.4. The van der Waals surface area contributed by atoms with E-state index in [9.17, 15) is 18.0 Å². The second kappa shape index (κ2) is 13.3. The molecule has 3 aliphatic heterocycles. The molecule has 52 heavy (non-hydrogen) atoms. The van der Waals surface area contributed by atoms with Crippen LogP contribution in [0.3, 0.4) is 0 Å². The molecule has 0 aliphatic carbocycles. The molecular formula is C34H36Cl2F4N10O2. The van der Waals surface area contributed by atoms with Crippen molar-refractivity contribution in [3.05, 3.63) is 57.6 Å². The van der Waals surface area contributed by atoms with Crippen LogP contribution in [0.1, 0.15) is 50.2 Å². The molecule has 3 aliphatic rings. The van der Waals surface area contributed by atoms with Crippen LogP contribution in [-0.2, 0) is 6.18 Å². The summed E-state index contributed by atoms with van der Waals surface area (Å²) in [5.74, 6) is -1.05. The smallest absolute Gasteiger partial charge is 0.418 e. The molecule has 2 N–H and O–H groups in total. The van der Waals surface area contributed by atoms with Gasteiger partial charge in [0.2, 0.25) is 0 Å². The summed E-state index contributed by atoms with van der Waals surface area (Å²) >= 11 is 12.5. The molecule has 18 heteroatoms. The fourth-order valence-electron chi connectivity index (χ4n) is 8.01. The Bertz CT molecular complexity index is 2100. The van der Waals surface area contributed by atoms with E-state index in [1.54, 1.807) is 11.9 Å². The summed E-state index contributed by atoms with van der Waals surface area (Å²) in [5.41, 5.74) is 3.67. The quantitative estimate of drug-likeness (QED) is 0.166. The Hall–Kier alpha value is -4.28. The maximum Gasteiger partial charge on any atom is 0.418 e. The average molecular weight is 764 g/mol. The number of carbonyl (C=O) groups is 1. The zero-order valence-corrected chi connectivity index (χ0v) is 30.2. The Balaban J connectivity index is 1.30. The molecule has 3 atom stereocenters. The van der Waals surface area contributed by atoms with Crippen molar-refractivity contribution in [2.24, 2.45) is 0 Å². The van der Waals surface area contributed by atoms with Gasteiger partial charge in [0.15, 0.2) is 11.0 Å². The van der Waals surface area contributed by atoms with Crippen LogP contribution in [0.4, 0.5) is 34.0 Å². The van der Waals surface area contributed by atoms with Crippen molar-refractivity contribution in [2.45, 2.75) is 69.8 Å². The number of anilines is 2. The molecule has 1 aromatic carbocycles. The van der Waals surface area contributed by atoms with Gasteiger partial charge in [-0.2, -0.15) is 27.8 Å². The fourth-order valence-corrected chi connectivity index (χ4v) is 8.42. The molecule has 3 aromatic heterocycles. The number of hydrogen-bond acceptors (Lipinski definition) is 10. The largest absolute Gasteiger partial charge is 0.461 e. The average Bonchev–Trinajstić information content (AvgIpc) is 3.75. The van der Waals surface area contributed by atoms with Gasteiger partial charge in [-0.25, -0.2) is 14.2 Å². The van der Waals surface area contributed by atoms with Crippen molar-refractivity contribution in [2.75, 3.05) is 43.9 Å². The first-order valence-corrected chi connectivity index (χ1v) is 17.5. The van der Waals surface area contributed by atoms with Crippen molar-refractivity contribution in [3.63, 3.8) is 0 Å².